The summed E-state index contributed by atoms with van der Waals surface area (Å²) in [7, 11) is 1.77. The van der Waals surface area contributed by atoms with Crippen LogP contribution in [-0.4, -0.2) is 42.7 Å². The minimum absolute atomic E-state index is 0.580. The molecule has 0 atom stereocenters. The van der Waals surface area contributed by atoms with Crippen LogP contribution in [0.2, 0.25) is 0 Å². The zero-order valence-corrected chi connectivity index (χ0v) is 15.4. The second-order valence-electron chi connectivity index (χ2n) is 6.28. The Morgan fingerprint density at radius 3 is 2.76 bits per heavy atom. The number of imidazole rings is 1. The number of hydrogen-bond acceptors (Lipinski definition) is 3. The molecule has 2 aromatic rings. The van der Waals surface area contributed by atoms with E-state index in [1.165, 1.54) is 0 Å². The van der Waals surface area contributed by atoms with Crippen molar-refractivity contribution in [2.75, 3.05) is 26.8 Å². The molecule has 0 aliphatic rings. The number of nitrogens with one attached hydrogen (secondary N) is 3. The van der Waals surface area contributed by atoms with Crippen molar-refractivity contribution in [1.29, 1.82) is 0 Å². The molecule has 0 radical (unpaired) electrons. The molecule has 1 aromatic heterocycles. The topological polar surface area (TPSA) is 74.3 Å². The van der Waals surface area contributed by atoms with Gasteiger partial charge in [0.15, 0.2) is 5.96 Å². The van der Waals surface area contributed by atoms with Crippen LogP contribution >= 0.6 is 0 Å². The van der Waals surface area contributed by atoms with Gasteiger partial charge in [-0.2, -0.15) is 0 Å². The number of ether oxygens (including phenoxy) is 1. The number of hydrogen-bond donors (Lipinski definition) is 3. The molecule has 0 aliphatic carbocycles. The molecule has 1 aromatic carbocycles. The first-order valence-electron chi connectivity index (χ1n) is 8.80. The zero-order valence-electron chi connectivity index (χ0n) is 15.4. The van der Waals surface area contributed by atoms with Crippen LogP contribution in [0.5, 0.6) is 0 Å². The van der Waals surface area contributed by atoms with Gasteiger partial charge in [0, 0.05) is 26.8 Å². The number of aromatic amines is 1. The van der Waals surface area contributed by atoms with Crippen molar-refractivity contribution in [2.24, 2.45) is 10.9 Å². The number of aliphatic imine (C=N–C) groups is 1. The molecule has 0 fully saturated rings. The van der Waals surface area contributed by atoms with Crippen LogP contribution in [0, 0.1) is 5.92 Å². The van der Waals surface area contributed by atoms with E-state index in [4.69, 9.17) is 4.74 Å². The number of aromatic nitrogens is 2. The highest BCUT2D eigenvalue weighted by Crippen LogP contribution is 2.15. The molecule has 2 rings (SSSR count). The van der Waals surface area contributed by atoms with Crippen LogP contribution in [0.4, 0.5) is 0 Å². The molecule has 136 valence electrons. The van der Waals surface area contributed by atoms with E-state index < -0.39 is 0 Å². The van der Waals surface area contributed by atoms with Crippen molar-refractivity contribution in [3.8, 4) is 11.3 Å². The van der Waals surface area contributed by atoms with Gasteiger partial charge in [-0.05, 0) is 17.9 Å². The fourth-order valence-electron chi connectivity index (χ4n) is 2.30. The summed E-state index contributed by atoms with van der Waals surface area (Å²) in [5, 5.41) is 6.55. The largest absolute Gasteiger partial charge is 0.381 e. The van der Waals surface area contributed by atoms with Crippen LogP contribution < -0.4 is 10.6 Å². The predicted molar refractivity (Wildman–Crippen MR) is 102 cm³/mol. The number of H-pyrrole nitrogens is 1. The summed E-state index contributed by atoms with van der Waals surface area (Å²) in [5.74, 6) is 2.22. The van der Waals surface area contributed by atoms with Gasteiger partial charge in [0.1, 0.15) is 5.82 Å². The van der Waals surface area contributed by atoms with Gasteiger partial charge in [-0.1, -0.05) is 44.2 Å². The Labute approximate surface area is 150 Å². The SMILES string of the molecule is CN=C(NCCCOCC(C)C)NCc1ncc(-c2ccccc2)[nH]1. The van der Waals surface area contributed by atoms with E-state index in [9.17, 15) is 0 Å². The lowest BCUT2D eigenvalue weighted by molar-refractivity contribution is 0.108. The van der Waals surface area contributed by atoms with Crippen LogP contribution in [0.1, 0.15) is 26.1 Å². The smallest absolute Gasteiger partial charge is 0.191 e. The Morgan fingerprint density at radius 1 is 1.24 bits per heavy atom. The maximum atomic E-state index is 5.57. The summed E-state index contributed by atoms with van der Waals surface area (Å²) in [6, 6.07) is 10.2. The van der Waals surface area contributed by atoms with Crippen molar-refractivity contribution >= 4 is 5.96 Å². The first kappa shape index (κ1) is 19.0. The van der Waals surface area contributed by atoms with E-state index in [1.807, 2.05) is 24.4 Å². The Morgan fingerprint density at radius 2 is 2.04 bits per heavy atom. The monoisotopic (exact) mass is 343 g/mol. The Hall–Kier alpha value is -2.34. The van der Waals surface area contributed by atoms with Crippen molar-refractivity contribution in [3.63, 3.8) is 0 Å². The standard InChI is InChI=1S/C19H29N5O/c1-15(2)14-25-11-7-10-21-19(20-3)23-13-18-22-12-17(24-18)16-8-5-4-6-9-16/h4-6,8-9,12,15H,7,10-11,13-14H2,1-3H3,(H,22,24)(H2,20,21,23). The van der Waals surface area contributed by atoms with Gasteiger partial charge in [0.25, 0.3) is 0 Å². The van der Waals surface area contributed by atoms with Gasteiger partial charge >= 0.3 is 0 Å². The predicted octanol–water partition coefficient (Wildman–Crippen LogP) is 2.80. The van der Waals surface area contributed by atoms with Crippen molar-refractivity contribution in [2.45, 2.75) is 26.8 Å². The molecule has 0 amide bonds. The van der Waals surface area contributed by atoms with E-state index in [2.05, 4.69) is 51.6 Å². The summed E-state index contributed by atoms with van der Waals surface area (Å²) < 4.78 is 5.57. The molecule has 0 unspecified atom stereocenters. The summed E-state index contributed by atoms with van der Waals surface area (Å²) in [6.07, 6.45) is 2.81. The number of rotatable bonds is 9. The summed E-state index contributed by atoms with van der Waals surface area (Å²) >= 11 is 0. The van der Waals surface area contributed by atoms with Crippen molar-refractivity contribution in [1.82, 2.24) is 20.6 Å². The van der Waals surface area contributed by atoms with Crippen molar-refractivity contribution in [3.05, 3.63) is 42.4 Å². The second kappa shape index (κ2) is 10.5. The van der Waals surface area contributed by atoms with E-state index in [-0.39, 0.29) is 0 Å². The van der Waals surface area contributed by atoms with Gasteiger partial charge in [-0.25, -0.2) is 4.98 Å². The molecule has 0 saturated carbocycles. The summed E-state index contributed by atoms with van der Waals surface area (Å²) in [6.45, 7) is 7.31. The summed E-state index contributed by atoms with van der Waals surface area (Å²) in [5.41, 5.74) is 2.15. The lowest BCUT2D eigenvalue weighted by Crippen LogP contribution is -2.37. The highest BCUT2D eigenvalue weighted by atomic mass is 16.5. The highest BCUT2D eigenvalue weighted by molar-refractivity contribution is 5.79. The molecule has 0 spiro atoms. The first-order valence-corrected chi connectivity index (χ1v) is 8.80. The molecule has 6 nitrogen and oxygen atoms in total. The van der Waals surface area contributed by atoms with Gasteiger partial charge in [0.05, 0.1) is 18.4 Å². The van der Waals surface area contributed by atoms with Crippen LogP contribution in [0.25, 0.3) is 11.3 Å². The van der Waals surface area contributed by atoms with Crippen molar-refractivity contribution < 1.29 is 4.74 Å². The fourth-order valence-corrected chi connectivity index (χ4v) is 2.30. The molecular formula is C19H29N5O. The molecule has 0 saturated heterocycles. The van der Waals surface area contributed by atoms with Gasteiger partial charge in [0.2, 0.25) is 0 Å². The molecule has 0 bridgehead atoms. The maximum Gasteiger partial charge on any atom is 0.191 e. The number of nitrogens with zero attached hydrogens (tertiary/aromatic N) is 2. The first-order chi connectivity index (χ1) is 12.2. The third-order valence-electron chi connectivity index (χ3n) is 3.57. The maximum absolute atomic E-state index is 5.57. The van der Waals surface area contributed by atoms with E-state index in [1.54, 1.807) is 7.05 Å². The lowest BCUT2D eigenvalue weighted by atomic mass is 10.2. The average molecular weight is 343 g/mol. The minimum atomic E-state index is 0.580. The van der Waals surface area contributed by atoms with Gasteiger partial charge < -0.3 is 20.4 Å². The van der Waals surface area contributed by atoms with Crippen LogP contribution in [0.3, 0.4) is 0 Å². The molecule has 1 heterocycles. The number of benzene rings is 1. The van der Waals surface area contributed by atoms with Crippen LogP contribution in [-0.2, 0) is 11.3 Å². The minimum Gasteiger partial charge on any atom is -0.381 e. The average Bonchev–Trinajstić information content (AvgIpc) is 3.10. The Kier molecular flexibility index (Phi) is 7.98. The summed E-state index contributed by atoms with van der Waals surface area (Å²) in [4.78, 5) is 12.0. The van der Waals surface area contributed by atoms with Gasteiger partial charge in [-0.3, -0.25) is 4.99 Å². The van der Waals surface area contributed by atoms with E-state index in [0.29, 0.717) is 12.5 Å². The van der Waals surface area contributed by atoms with Crippen LogP contribution in [0.15, 0.2) is 41.5 Å². The lowest BCUT2D eigenvalue weighted by Gasteiger charge is -2.11. The zero-order chi connectivity index (χ0) is 17.9. The second-order valence-corrected chi connectivity index (χ2v) is 6.28. The molecule has 0 aliphatic heterocycles. The molecular weight excluding hydrogens is 314 g/mol. The highest BCUT2D eigenvalue weighted by Gasteiger charge is 2.04. The fraction of sp³-hybridized carbons (Fsp3) is 0.474. The van der Waals surface area contributed by atoms with E-state index in [0.717, 1.165) is 49.2 Å². The molecule has 6 heteroatoms. The Bertz CT molecular complexity index is 636. The third-order valence-corrected chi connectivity index (χ3v) is 3.57. The van der Waals surface area contributed by atoms with E-state index >= 15 is 0 Å². The number of guanidine groups is 1. The molecule has 25 heavy (non-hydrogen) atoms. The quantitative estimate of drug-likeness (QED) is 0.372. The normalized spacial score (nSPS) is 11.8. The third kappa shape index (κ3) is 6.97. The molecule has 3 N–H and O–H groups in total. The Balaban J connectivity index is 1.70. The van der Waals surface area contributed by atoms with Gasteiger partial charge in [-0.15, -0.1) is 0 Å².